The summed E-state index contributed by atoms with van der Waals surface area (Å²) in [7, 11) is 0. The first-order valence-corrected chi connectivity index (χ1v) is 8.11. The summed E-state index contributed by atoms with van der Waals surface area (Å²) >= 11 is 0. The zero-order valence-electron chi connectivity index (χ0n) is 13.9. The van der Waals surface area contributed by atoms with E-state index in [-0.39, 0.29) is 24.2 Å². The fraction of sp³-hybridized carbons (Fsp3) is 0.611. The van der Waals surface area contributed by atoms with Crippen molar-refractivity contribution in [3.63, 3.8) is 0 Å². The number of carbonyl (C=O) groups is 1. The molecule has 1 saturated heterocycles. The molecule has 2 rings (SSSR count). The van der Waals surface area contributed by atoms with Crippen LogP contribution < -0.4 is 5.32 Å². The van der Waals surface area contributed by atoms with Gasteiger partial charge in [-0.3, -0.25) is 10.1 Å². The van der Waals surface area contributed by atoms with Crippen molar-refractivity contribution < 1.29 is 4.79 Å². The van der Waals surface area contributed by atoms with Gasteiger partial charge in [0.2, 0.25) is 5.91 Å². The number of nitrogens with zero attached hydrogens (tertiary/aromatic N) is 1. The van der Waals surface area contributed by atoms with E-state index in [9.17, 15) is 4.79 Å². The van der Waals surface area contributed by atoms with E-state index >= 15 is 0 Å². The van der Waals surface area contributed by atoms with Crippen molar-refractivity contribution in [1.82, 2.24) is 10.2 Å². The summed E-state index contributed by atoms with van der Waals surface area (Å²) < 4.78 is 0. The van der Waals surface area contributed by atoms with Crippen molar-refractivity contribution in [2.45, 2.75) is 72.1 Å². The molecule has 0 aliphatic carbocycles. The third-order valence-corrected chi connectivity index (χ3v) is 4.48. The number of rotatable bonds is 5. The molecule has 1 fully saturated rings. The number of hydrogen-bond acceptors (Lipinski definition) is 2. The summed E-state index contributed by atoms with van der Waals surface area (Å²) in [4.78, 5) is 14.6. The summed E-state index contributed by atoms with van der Waals surface area (Å²) in [5.41, 5.74) is 3.74. The Morgan fingerprint density at radius 3 is 2.67 bits per heavy atom. The van der Waals surface area contributed by atoms with Crippen LogP contribution in [0.3, 0.4) is 0 Å². The molecule has 1 aromatic rings. The molecule has 0 radical (unpaired) electrons. The van der Waals surface area contributed by atoms with Crippen LogP contribution in [0.5, 0.6) is 0 Å². The van der Waals surface area contributed by atoms with Gasteiger partial charge >= 0.3 is 0 Å². The summed E-state index contributed by atoms with van der Waals surface area (Å²) in [6.45, 7) is 10.6. The van der Waals surface area contributed by atoms with Gasteiger partial charge in [-0.2, -0.15) is 0 Å². The molecule has 3 unspecified atom stereocenters. The van der Waals surface area contributed by atoms with E-state index in [2.05, 4.69) is 56.1 Å². The normalized spacial score (nSPS) is 23.7. The predicted octanol–water partition coefficient (Wildman–Crippen LogP) is 3.70. The minimum atomic E-state index is -0.0974. The molecule has 21 heavy (non-hydrogen) atoms. The number of amides is 1. The van der Waals surface area contributed by atoms with E-state index in [0.29, 0.717) is 0 Å². The van der Waals surface area contributed by atoms with Gasteiger partial charge in [-0.05, 0) is 45.2 Å². The van der Waals surface area contributed by atoms with Gasteiger partial charge in [-0.25, -0.2) is 0 Å². The first kappa shape index (κ1) is 16.0. The molecule has 1 aliphatic heterocycles. The van der Waals surface area contributed by atoms with Crippen LogP contribution in [0.25, 0.3) is 0 Å². The van der Waals surface area contributed by atoms with Crippen LogP contribution in [-0.4, -0.2) is 22.9 Å². The Bertz CT molecular complexity index is 512. The average molecular weight is 288 g/mol. The molecule has 1 amide bonds. The second kappa shape index (κ2) is 6.61. The minimum absolute atomic E-state index is 0.0138. The maximum Gasteiger partial charge on any atom is 0.241 e. The van der Waals surface area contributed by atoms with E-state index in [1.165, 1.54) is 29.5 Å². The number of nitrogens with one attached hydrogen (secondary N) is 1. The smallest absolute Gasteiger partial charge is 0.241 e. The molecule has 3 nitrogen and oxygen atoms in total. The van der Waals surface area contributed by atoms with Crippen molar-refractivity contribution in [3.8, 4) is 0 Å². The lowest BCUT2D eigenvalue weighted by molar-refractivity contribution is -0.131. The first-order valence-electron chi connectivity index (χ1n) is 8.11. The summed E-state index contributed by atoms with van der Waals surface area (Å²) in [5.74, 6) is 0.226. The van der Waals surface area contributed by atoms with E-state index in [0.717, 1.165) is 6.42 Å². The van der Waals surface area contributed by atoms with Crippen LogP contribution in [0.15, 0.2) is 18.2 Å². The Balaban J connectivity index is 2.29. The van der Waals surface area contributed by atoms with E-state index in [4.69, 9.17) is 0 Å². The van der Waals surface area contributed by atoms with E-state index in [1.54, 1.807) is 0 Å². The van der Waals surface area contributed by atoms with Crippen molar-refractivity contribution in [3.05, 3.63) is 34.9 Å². The highest BCUT2D eigenvalue weighted by atomic mass is 16.2. The van der Waals surface area contributed by atoms with Gasteiger partial charge in [-0.1, -0.05) is 43.5 Å². The molecule has 1 aromatic carbocycles. The Hall–Kier alpha value is -1.35. The van der Waals surface area contributed by atoms with Crippen molar-refractivity contribution in [1.29, 1.82) is 0 Å². The predicted molar refractivity (Wildman–Crippen MR) is 87.1 cm³/mol. The Morgan fingerprint density at radius 1 is 1.33 bits per heavy atom. The van der Waals surface area contributed by atoms with Crippen LogP contribution in [0.2, 0.25) is 0 Å². The number of hydrogen-bond donors (Lipinski definition) is 1. The molecule has 1 heterocycles. The third kappa shape index (κ3) is 3.29. The SMILES string of the molecule is CCCCC(C)N1C(=O)C(C)NC1c1ccc(C)cc1C. The second-order valence-corrected chi connectivity index (χ2v) is 6.39. The van der Waals surface area contributed by atoms with Crippen LogP contribution >= 0.6 is 0 Å². The third-order valence-electron chi connectivity index (χ3n) is 4.48. The minimum Gasteiger partial charge on any atom is -0.319 e. The van der Waals surface area contributed by atoms with Crippen molar-refractivity contribution in [2.75, 3.05) is 0 Å². The Kier molecular flexibility index (Phi) is 5.04. The van der Waals surface area contributed by atoms with Gasteiger partial charge in [0.1, 0.15) is 6.17 Å². The van der Waals surface area contributed by atoms with E-state index in [1.807, 2.05) is 6.92 Å². The lowest BCUT2D eigenvalue weighted by atomic mass is 10.0. The fourth-order valence-electron chi connectivity index (χ4n) is 3.22. The molecule has 0 aromatic heterocycles. The molecule has 1 aliphatic rings. The van der Waals surface area contributed by atoms with Crippen LogP contribution in [0.4, 0.5) is 0 Å². The van der Waals surface area contributed by atoms with Crippen LogP contribution in [-0.2, 0) is 4.79 Å². The number of carbonyl (C=O) groups excluding carboxylic acids is 1. The van der Waals surface area contributed by atoms with Crippen LogP contribution in [0.1, 0.15) is 62.9 Å². The monoisotopic (exact) mass is 288 g/mol. The van der Waals surface area contributed by atoms with Gasteiger partial charge in [0.25, 0.3) is 0 Å². The van der Waals surface area contributed by atoms with Crippen molar-refractivity contribution in [2.24, 2.45) is 0 Å². The summed E-state index contributed by atoms with van der Waals surface area (Å²) in [6.07, 6.45) is 3.42. The van der Waals surface area contributed by atoms with Gasteiger partial charge in [-0.15, -0.1) is 0 Å². The number of unbranched alkanes of at least 4 members (excludes halogenated alkanes) is 1. The lowest BCUT2D eigenvalue weighted by Crippen LogP contribution is -2.38. The summed E-state index contributed by atoms with van der Waals surface area (Å²) in [5, 5.41) is 3.46. The molecular weight excluding hydrogens is 260 g/mol. The average Bonchev–Trinajstić information content (AvgIpc) is 2.72. The Morgan fingerprint density at radius 2 is 2.05 bits per heavy atom. The highest BCUT2D eigenvalue weighted by Gasteiger charge is 2.39. The molecule has 0 spiro atoms. The zero-order valence-corrected chi connectivity index (χ0v) is 13.9. The van der Waals surface area contributed by atoms with E-state index < -0.39 is 0 Å². The van der Waals surface area contributed by atoms with Crippen LogP contribution in [0, 0.1) is 13.8 Å². The van der Waals surface area contributed by atoms with Gasteiger partial charge in [0.15, 0.2) is 0 Å². The molecule has 0 saturated carbocycles. The molecule has 3 atom stereocenters. The molecular formula is C18H28N2O. The molecule has 3 heteroatoms. The summed E-state index contributed by atoms with van der Waals surface area (Å²) in [6, 6.07) is 6.67. The quantitative estimate of drug-likeness (QED) is 0.896. The Labute approximate surface area is 128 Å². The number of benzene rings is 1. The maximum absolute atomic E-state index is 12.5. The first-order chi connectivity index (χ1) is 9.95. The largest absolute Gasteiger partial charge is 0.319 e. The highest BCUT2D eigenvalue weighted by Crippen LogP contribution is 2.31. The highest BCUT2D eigenvalue weighted by molar-refractivity contribution is 5.84. The topological polar surface area (TPSA) is 32.3 Å². The van der Waals surface area contributed by atoms with Gasteiger partial charge < -0.3 is 4.90 Å². The molecule has 1 N–H and O–H groups in total. The standard InChI is InChI=1S/C18H28N2O/c1-6-7-8-14(4)20-17(19-15(5)18(20)21)16-10-9-12(2)11-13(16)3/h9-11,14-15,17,19H,6-8H2,1-5H3. The van der Waals surface area contributed by atoms with Crippen molar-refractivity contribution >= 4 is 5.91 Å². The molecule has 116 valence electrons. The lowest BCUT2D eigenvalue weighted by Gasteiger charge is -2.31. The maximum atomic E-state index is 12.5. The zero-order chi connectivity index (χ0) is 15.6. The number of aryl methyl sites for hydroxylation is 2. The van der Waals surface area contributed by atoms with Gasteiger partial charge in [0, 0.05) is 6.04 Å². The fourth-order valence-corrected chi connectivity index (χ4v) is 3.22. The molecule has 0 bridgehead atoms. The van der Waals surface area contributed by atoms with Gasteiger partial charge in [0.05, 0.1) is 6.04 Å². The second-order valence-electron chi connectivity index (χ2n) is 6.39.